The van der Waals surface area contributed by atoms with Crippen LogP contribution in [0.25, 0.3) is 0 Å². The highest BCUT2D eigenvalue weighted by molar-refractivity contribution is 5.88. The van der Waals surface area contributed by atoms with Crippen molar-refractivity contribution in [2.24, 2.45) is 0 Å². The molecule has 0 aliphatic carbocycles. The van der Waals surface area contributed by atoms with Crippen molar-refractivity contribution in [3.63, 3.8) is 0 Å². The Bertz CT molecular complexity index is 495. The van der Waals surface area contributed by atoms with E-state index in [1.54, 1.807) is 19.6 Å². The maximum Gasteiger partial charge on any atom is 0.327 e. The molecule has 0 aromatic carbocycles. The maximum atomic E-state index is 13.2. The van der Waals surface area contributed by atoms with Crippen LogP contribution in [0.2, 0.25) is 0 Å². The molecule has 0 atom stereocenters. The van der Waals surface area contributed by atoms with E-state index in [0.717, 1.165) is 6.42 Å². The number of urea groups is 2. The van der Waals surface area contributed by atoms with Crippen molar-refractivity contribution in [3.05, 3.63) is 0 Å². The van der Waals surface area contributed by atoms with Crippen molar-refractivity contribution < 1.29 is 28.5 Å². The van der Waals surface area contributed by atoms with Crippen LogP contribution in [0.3, 0.4) is 0 Å². The van der Waals surface area contributed by atoms with E-state index in [0.29, 0.717) is 6.42 Å². The third kappa shape index (κ3) is 2.55. The lowest BCUT2D eigenvalue weighted by atomic mass is 9.89. The highest BCUT2D eigenvalue weighted by atomic mass is 16.5. The van der Waals surface area contributed by atoms with Crippen LogP contribution in [-0.2, 0) is 18.9 Å². The predicted octanol–water partition coefficient (Wildman–Crippen LogP) is 1.09. The minimum absolute atomic E-state index is 0.0370. The monoisotopic (exact) mass is 374 g/mol. The highest BCUT2D eigenvalue weighted by Crippen LogP contribution is 2.53. The molecule has 2 aliphatic heterocycles. The zero-order chi connectivity index (χ0) is 19.5. The van der Waals surface area contributed by atoms with Crippen LogP contribution in [0.15, 0.2) is 0 Å². The number of amides is 4. The van der Waals surface area contributed by atoms with Crippen molar-refractivity contribution in [1.82, 2.24) is 19.6 Å². The van der Waals surface area contributed by atoms with Gasteiger partial charge in [0.05, 0.1) is 0 Å². The van der Waals surface area contributed by atoms with Gasteiger partial charge in [-0.2, -0.15) is 0 Å². The second kappa shape index (κ2) is 7.95. The third-order valence-corrected chi connectivity index (χ3v) is 5.26. The lowest BCUT2D eigenvalue weighted by molar-refractivity contribution is -0.127. The summed E-state index contributed by atoms with van der Waals surface area (Å²) in [5.74, 6) is 0. The van der Waals surface area contributed by atoms with Crippen LogP contribution in [-0.4, -0.2) is 98.4 Å². The summed E-state index contributed by atoms with van der Waals surface area (Å²) in [5, 5.41) is 0. The Morgan fingerprint density at radius 3 is 1.38 bits per heavy atom. The fourth-order valence-corrected chi connectivity index (χ4v) is 4.27. The van der Waals surface area contributed by atoms with E-state index in [-0.39, 0.29) is 39.0 Å². The first-order valence-corrected chi connectivity index (χ1v) is 8.56. The maximum absolute atomic E-state index is 13.2. The van der Waals surface area contributed by atoms with Gasteiger partial charge in [-0.3, -0.25) is 19.6 Å². The number of methoxy groups -OCH3 is 4. The molecule has 26 heavy (non-hydrogen) atoms. The van der Waals surface area contributed by atoms with E-state index < -0.39 is 11.3 Å². The van der Waals surface area contributed by atoms with Crippen LogP contribution in [0.4, 0.5) is 9.59 Å². The molecule has 2 heterocycles. The molecule has 2 rings (SSSR count). The quantitative estimate of drug-likeness (QED) is 0.569. The number of fused-ring (bicyclic) bond motifs is 1. The Balaban J connectivity index is 2.71. The summed E-state index contributed by atoms with van der Waals surface area (Å²) in [5.41, 5.74) is -1.99. The Morgan fingerprint density at radius 1 is 0.731 bits per heavy atom. The number of ether oxygens (including phenoxy) is 4. The first kappa shape index (κ1) is 20.7. The Kier molecular flexibility index (Phi) is 6.33. The second-order valence-electron chi connectivity index (χ2n) is 6.54. The average Bonchev–Trinajstić information content (AvgIpc) is 2.89. The minimum atomic E-state index is -1.01. The molecule has 0 saturated carbocycles. The first-order valence-electron chi connectivity index (χ1n) is 8.56. The topological polar surface area (TPSA) is 84.0 Å². The van der Waals surface area contributed by atoms with Crippen molar-refractivity contribution in [2.75, 3.05) is 55.4 Å². The SMILES string of the molecule is CCCC12N(COC)C(=O)N(COC)C1(C)N(COC)C(=O)N2COC. The average molecular weight is 374 g/mol. The molecule has 0 bridgehead atoms. The number of nitrogens with zero attached hydrogens (tertiary/aromatic N) is 4. The van der Waals surface area contributed by atoms with E-state index in [1.165, 1.54) is 28.4 Å². The molecule has 0 N–H and O–H groups in total. The van der Waals surface area contributed by atoms with Crippen LogP contribution < -0.4 is 0 Å². The van der Waals surface area contributed by atoms with Gasteiger partial charge < -0.3 is 18.9 Å². The van der Waals surface area contributed by atoms with Gasteiger partial charge in [0.2, 0.25) is 0 Å². The summed E-state index contributed by atoms with van der Waals surface area (Å²) >= 11 is 0. The molecular weight excluding hydrogens is 344 g/mol. The standard InChI is InChI=1S/C16H30N4O6/c1-7-8-16-15(2,17(9-23-3)13(21)19(16)11-25-5)18(10-24-4)14(22)20(16)12-26-6/h7-12H2,1-6H3. The summed E-state index contributed by atoms with van der Waals surface area (Å²) < 4.78 is 21.2. The summed E-state index contributed by atoms with van der Waals surface area (Å²) in [6.07, 6.45) is 1.30. The number of hydrogen-bond acceptors (Lipinski definition) is 6. The Morgan fingerprint density at radius 2 is 1.08 bits per heavy atom. The van der Waals surface area contributed by atoms with Gasteiger partial charge in [-0.15, -0.1) is 0 Å². The molecule has 10 nitrogen and oxygen atoms in total. The lowest BCUT2D eigenvalue weighted by Gasteiger charge is -2.47. The molecule has 0 unspecified atom stereocenters. The van der Waals surface area contributed by atoms with Gasteiger partial charge >= 0.3 is 12.1 Å². The van der Waals surface area contributed by atoms with Crippen LogP contribution in [0.5, 0.6) is 0 Å². The highest BCUT2D eigenvalue weighted by Gasteiger charge is 2.76. The zero-order valence-electron chi connectivity index (χ0n) is 16.5. The molecule has 150 valence electrons. The van der Waals surface area contributed by atoms with E-state index in [2.05, 4.69) is 0 Å². The summed E-state index contributed by atoms with van der Waals surface area (Å²) in [6, 6.07) is -0.529. The molecule has 10 heteroatoms. The summed E-state index contributed by atoms with van der Waals surface area (Å²) in [6.45, 7) is 4.04. The Hall–Kier alpha value is -1.62. The zero-order valence-corrected chi connectivity index (χ0v) is 16.5. The van der Waals surface area contributed by atoms with Gasteiger partial charge in [0, 0.05) is 28.4 Å². The molecule has 0 aromatic rings. The van der Waals surface area contributed by atoms with E-state index in [9.17, 15) is 9.59 Å². The van der Waals surface area contributed by atoms with Gasteiger partial charge in [-0.25, -0.2) is 9.59 Å². The number of carbonyl (C=O) groups excluding carboxylic acids is 2. The fourth-order valence-electron chi connectivity index (χ4n) is 4.27. The van der Waals surface area contributed by atoms with Crippen LogP contribution in [0.1, 0.15) is 26.7 Å². The van der Waals surface area contributed by atoms with Gasteiger partial charge in [-0.05, 0) is 13.3 Å². The molecule has 2 fully saturated rings. The van der Waals surface area contributed by atoms with E-state index >= 15 is 0 Å². The van der Waals surface area contributed by atoms with Crippen molar-refractivity contribution >= 4 is 12.1 Å². The molecular formula is C16H30N4O6. The van der Waals surface area contributed by atoms with Gasteiger partial charge in [-0.1, -0.05) is 13.3 Å². The second-order valence-corrected chi connectivity index (χ2v) is 6.54. The molecule has 4 amide bonds. The van der Waals surface area contributed by atoms with Crippen LogP contribution >= 0.6 is 0 Å². The smallest absolute Gasteiger partial charge is 0.327 e. The van der Waals surface area contributed by atoms with Gasteiger partial charge in [0.25, 0.3) is 0 Å². The van der Waals surface area contributed by atoms with Gasteiger partial charge in [0.1, 0.15) is 26.9 Å². The largest absolute Gasteiger partial charge is 0.364 e. The molecule has 0 radical (unpaired) electrons. The van der Waals surface area contributed by atoms with Crippen molar-refractivity contribution in [1.29, 1.82) is 0 Å². The normalized spacial score (nSPS) is 28.5. The summed E-state index contributed by atoms with van der Waals surface area (Å²) in [7, 11) is 6.07. The molecule has 2 saturated heterocycles. The van der Waals surface area contributed by atoms with E-state index in [1.807, 2.05) is 13.8 Å². The first-order chi connectivity index (χ1) is 12.4. The summed E-state index contributed by atoms with van der Waals surface area (Å²) in [4.78, 5) is 32.7. The number of rotatable bonds is 10. The van der Waals surface area contributed by atoms with Crippen LogP contribution in [0, 0.1) is 0 Å². The van der Waals surface area contributed by atoms with Crippen molar-refractivity contribution in [3.8, 4) is 0 Å². The van der Waals surface area contributed by atoms with E-state index in [4.69, 9.17) is 18.9 Å². The predicted molar refractivity (Wildman–Crippen MR) is 91.7 cm³/mol. The third-order valence-electron chi connectivity index (χ3n) is 5.26. The number of carbonyl (C=O) groups is 2. The number of hydrogen-bond donors (Lipinski definition) is 0. The molecule has 0 spiro atoms. The lowest BCUT2D eigenvalue weighted by Crippen LogP contribution is -2.67. The Labute approximate surface area is 154 Å². The minimum Gasteiger partial charge on any atom is -0.364 e. The van der Waals surface area contributed by atoms with Gasteiger partial charge in [0.15, 0.2) is 11.3 Å². The molecule has 0 aromatic heterocycles. The van der Waals surface area contributed by atoms with Crippen molar-refractivity contribution in [2.45, 2.75) is 38.0 Å². The fraction of sp³-hybridized carbons (Fsp3) is 0.875. The molecule has 2 aliphatic rings.